The van der Waals surface area contributed by atoms with E-state index in [1.165, 1.54) is 5.57 Å². The predicted molar refractivity (Wildman–Crippen MR) is 58.6 cm³/mol. The van der Waals surface area contributed by atoms with E-state index in [2.05, 4.69) is 34.5 Å². The van der Waals surface area contributed by atoms with Gasteiger partial charge in [0.05, 0.1) is 7.11 Å². The SMILES string of the molecule is CCC(C)(P)C1=C(OC)C=C=C=C1. The minimum absolute atomic E-state index is 0.0664. The molecule has 0 saturated carbocycles. The smallest absolute Gasteiger partial charge is 0.131 e. The summed E-state index contributed by atoms with van der Waals surface area (Å²) in [6, 6.07) is 0. The first kappa shape index (κ1) is 10.4. The molecule has 1 aliphatic rings. The normalized spacial score (nSPS) is 19.1. The molecule has 2 atom stereocenters. The van der Waals surface area contributed by atoms with Crippen molar-refractivity contribution in [2.24, 2.45) is 0 Å². The Kier molecular flexibility index (Phi) is 3.17. The van der Waals surface area contributed by atoms with Gasteiger partial charge in [0.1, 0.15) is 5.76 Å². The Morgan fingerprint density at radius 1 is 1.46 bits per heavy atom. The molecule has 0 heterocycles. The lowest BCUT2D eigenvalue weighted by atomic mass is 9.94. The van der Waals surface area contributed by atoms with Crippen molar-refractivity contribution in [2.45, 2.75) is 25.4 Å². The van der Waals surface area contributed by atoms with E-state index < -0.39 is 0 Å². The van der Waals surface area contributed by atoms with Gasteiger partial charge >= 0.3 is 0 Å². The molecular weight excluding hydrogens is 179 g/mol. The van der Waals surface area contributed by atoms with Crippen molar-refractivity contribution < 1.29 is 4.74 Å². The fourth-order valence-corrected chi connectivity index (χ4v) is 1.40. The molecule has 0 fully saturated rings. The summed E-state index contributed by atoms with van der Waals surface area (Å²) in [5, 5.41) is 0.0664. The summed E-state index contributed by atoms with van der Waals surface area (Å²) in [5.74, 6) is 0.887. The molecule has 0 aromatic heterocycles. The van der Waals surface area contributed by atoms with Crippen molar-refractivity contribution in [1.82, 2.24) is 0 Å². The Hall–Kier alpha value is -0.730. The summed E-state index contributed by atoms with van der Waals surface area (Å²) >= 11 is 0. The second-order valence-electron chi connectivity index (χ2n) is 3.33. The van der Waals surface area contributed by atoms with E-state index in [9.17, 15) is 0 Å². The largest absolute Gasteiger partial charge is 0.496 e. The van der Waals surface area contributed by atoms with Crippen molar-refractivity contribution in [3.05, 3.63) is 34.9 Å². The van der Waals surface area contributed by atoms with Gasteiger partial charge in [-0.1, -0.05) is 25.3 Å². The molecule has 0 bridgehead atoms. The molecular formula is C11H15OP. The molecule has 2 heteroatoms. The van der Waals surface area contributed by atoms with Gasteiger partial charge in [-0.2, -0.15) is 0 Å². The van der Waals surface area contributed by atoms with Gasteiger partial charge in [-0.3, -0.25) is 0 Å². The van der Waals surface area contributed by atoms with Crippen LogP contribution in [0.25, 0.3) is 0 Å². The van der Waals surface area contributed by atoms with Gasteiger partial charge in [-0.15, -0.1) is 9.24 Å². The van der Waals surface area contributed by atoms with Crippen LogP contribution in [0.15, 0.2) is 34.9 Å². The van der Waals surface area contributed by atoms with Crippen molar-refractivity contribution in [3.8, 4) is 0 Å². The van der Waals surface area contributed by atoms with Crippen LogP contribution in [0, 0.1) is 0 Å². The standard InChI is InChI=1S/C11H15OP/c1-4-11(2,13)9-7-5-6-8-10(9)12-3/h7-8H,4,13H2,1-3H3. The highest BCUT2D eigenvalue weighted by molar-refractivity contribution is 7.19. The molecule has 0 N–H and O–H groups in total. The molecule has 0 saturated heterocycles. The summed E-state index contributed by atoms with van der Waals surface area (Å²) < 4.78 is 5.27. The highest BCUT2D eigenvalue weighted by atomic mass is 31.0. The van der Waals surface area contributed by atoms with E-state index in [1.807, 2.05) is 12.2 Å². The maximum atomic E-state index is 5.27. The maximum absolute atomic E-state index is 5.27. The van der Waals surface area contributed by atoms with Crippen molar-refractivity contribution in [2.75, 3.05) is 7.11 Å². The van der Waals surface area contributed by atoms with E-state index in [0.29, 0.717) is 0 Å². The van der Waals surface area contributed by atoms with Gasteiger partial charge in [0.2, 0.25) is 0 Å². The topological polar surface area (TPSA) is 9.23 Å². The lowest BCUT2D eigenvalue weighted by Gasteiger charge is -2.25. The summed E-state index contributed by atoms with van der Waals surface area (Å²) in [6.07, 6.45) is 4.81. The van der Waals surface area contributed by atoms with Crippen LogP contribution in [0.2, 0.25) is 0 Å². The maximum Gasteiger partial charge on any atom is 0.131 e. The summed E-state index contributed by atoms with van der Waals surface area (Å²) in [4.78, 5) is 0. The lowest BCUT2D eigenvalue weighted by molar-refractivity contribution is 0.300. The third-order valence-electron chi connectivity index (χ3n) is 2.34. The van der Waals surface area contributed by atoms with Crippen LogP contribution in [0.1, 0.15) is 20.3 Å². The Bertz CT molecular complexity index is 324. The predicted octanol–water partition coefficient (Wildman–Crippen LogP) is 2.81. The average Bonchev–Trinajstić information content (AvgIpc) is 2.18. The first-order valence-electron chi connectivity index (χ1n) is 4.37. The monoisotopic (exact) mass is 194 g/mol. The van der Waals surface area contributed by atoms with Crippen molar-refractivity contribution in [1.29, 1.82) is 0 Å². The van der Waals surface area contributed by atoms with E-state index in [1.54, 1.807) is 7.11 Å². The summed E-state index contributed by atoms with van der Waals surface area (Å²) in [7, 11) is 4.54. The number of methoxy groups -OCH3 is 1. The fraction of sp³-hybridized carbons (Fsp3) is 0.455. The zero-order valence-corrected chi connectivity index (χ0v) is 9.50. The second kappa shape index (κ2) is 3.99. The lowest BCUT2D eigenvalue weighted by Crippen LogP contribution is -2.18. The highest BCUT2D eigenvalue weighted by Gasteiger charge is 2.23. The molecule has 13 heavy (non-hydrogen) atoms. The van der Waals surface area contributed by atoms with E-state index in [0.717, 1.165) is 12.2 Å². The Balaban J connectivity index is 3.10. The van der Waals surface area contributed by atoms with Crippen LogP contribution in [0.5, 0.6) is 0 Å². The van der Waals surface area contributed by atoms with Crippen molar-refractivity contribution >= 4 is 9.24 Å². The van der Waals surface area contributed by atoms with Gasteiger partial charge in [-0.05, 0) is 12.5 Å². The minimum atomic E-state index is 0.0664. The fourth-order valence-electron chi connectivity index (χ4n) is 1.18. The van der Waals surface area contributed by atoms with E-state index in [4.69, 9.17) is 4.74 Å². The van der Waals surface area contributed by atoms with Gasteiger partial charge < -0.3 is 4.74 Å². The average molecular weight is 194 g/mol. The quantitative estimate of drug-likeness (QED) is 0.496. The number of hydrogen-bond donors (Lipinski definition) is 0. The molecule has 2 unspecified atom stereocenters. The number of hydrogen-bond acceptors (Lipinski definition) is 1. The van der Waals surface area contributed by atoms with Crippen LogP contribution in [0.4, 0.5) is 0 Å². The molecule has 0 spiro atoms. The second-order valence-corrected chi connectivity index (χ2v) is 4.60. The molecule has 1 rings (SSSR count). The van der Waals surface area contributed by atoms with Gasteiger partial charge in [0, 0.05) is 16.8 Å². The highest BCUT2D eigenvalue weighted by Crippen LogP contribution is 2.34. The number of allylic oxidation sites excluding steroid dienone is 3. The molecule has 0 aromatic carbocycles. The Morgan fingerprint density at radius 2 is 2.08 bits per heavy atom. The van der Waals surface area contributed by atoms with E-state index in [-0.39, 0.29) is 5.16 Å². The summed E-state index contributed by atoms with van der Waals surface area (Å²) in [5.41, 5.74) is 7.01. The molecule has 1 aliphatic carbocycles. The van der Waals surface area contributed by atoms with Gasteiger partial charge in [0.25, 0.3) is 0 Å². The molecule has 0 aromatic rings. The third-order valence-corrected chi connectivity index (χ3v) is 3.06. The van der Waals surface area contributed by atoms with Gasteiger partial charge in [0.15, 0.2) is 0 Å². The van der Waals surface area contributed by atoms with Crippen LogP contribution in [0.3, 0.4) is 0 Å². The van der Waals surface area contributed by atoms with Crippen LogP contribution < -0.4 is 0 Å². The van der Waals surface area contributed by atoms with Crippen LogP contribution in [-0.4, -0.2) is 12.3 Å². The molecule has 1 nitrogen and oxygen atoms in total. The minimum Gasteiger partial charge on any atom is -0.496 e. The number of rotatable bonds is 3. The zero-order chi connectivity index (χ0) is 9.90. The molecule has 0 radical (unpaired) electrons. The molecule has 0 amide bonds. The zero-order valence-electron chi connectivity index (χ0n) is 8.35. The van der Waals surface area contributed by atoms with Crippen LogP contribution >= 0.6 is 9.24 Å². The van der Waals surface area contributed by atoms with Gasteiger partial charge in [-0.25, -0.2) is 0 Å². The Labute approximate surface area is 82.1 Å². The third kappa shape index (κ3) is 2.14. The molecule has 70 valence electrons. The van der Waals surface area contributed by atoms with Crippen molar-refractivity contribution in [3.63, 3.8) is 0 Å². The first-order valence-corrected chi connectivity index (χ1v) is 4.94. The van der Waals surface area contributed by atoms with E-state index >= 15 is 0 Å². The molecule has 0 aliphatic heterocycles. The summed E-state index contributed by atoms with van der Waals surface area (Å²) in [6.45, 7) is 4.33. The number of ether oxygens (including phenoxy) is 1. The Morgan fingerprint density at radius 3 is 2.62 bits per heavy atom. The first-order chi connectivity index (χ1) is 6.11. The van der Waals surface area contributed by atoms with Crippen LogP contribution in [-0.2, 0) is 4.74 Å².